The van der Waals surface area contributed by atoms with Gasteiger partial charge in [-0.1, -0.05) is 12.1 Å². The fourth-order valence-electron chi connectivity index (χ4n) is 1.62. The number of hydrogen-bond acceptors (Lipinski definition) is 4. The summed E-state index contributed by atoms with van der Waals surface area (Å²) in [4.78, 5) is 11.7. The topological polar surface area (TPSA) is 76.1 Å². The fourth-order valence-corrected chi connectivity index (χ4v) is 1.62. The average Bonchev–Trinajstić information content (AvgIpc) is 2.46. The summed E-state index contributed by atoms with van der Waals surface area (Å²) in [6.07, 6.45) is 0. The van der Waals surface area contributed by atoms with Crippen LogP contribution in [0.1, 0.15) is 21.5 Å². The molecule has 0 radical (unpaired) electrons. The minimum absolute atomic E-state index is 0.0777. The van der Waals surface area contributed by atoms with E-state index in [4.69, 9.17) is 15.7 Å². The number of ether oxygens (including phenoxy) is 1. The number of halogens is 1. The number of nitriles is 1. The van der Waals surface area contributed by atoms with E-state index < -0.39 is 11.8 Å². The molecule has 0 saturated carbocycles. The Hall–Kier alpha value is -2.87. The van der Waals surface area contributed by atoms with Crippen LogP contribution in [0.15, 0.2) is 42.5 Å². The van der Waals surface area contributed by atoms with Gasteiger partial charge in [0.1, 0.15) is 18.5 Å². The molecule has 2 aromatic carbocycles. The van der Waals surface area contributed by atoms with Crippen LogP contribution in [0.2, 0.25) is 0 Å². The normalized spacial score (nSPS) is 9.80. The smallest absolute Gasteiger partial charge is 0.338 e. The molecule has 20 heavy (non-hydrogen) atoms. The standard InChI is InChI=1S/C15H11FN2O2/c16-14-11(8-17)2-1-3-12(14)9-20-15(19)10-4-6-13(18)7-5-10/h1-7H,9,18H2. The lowest BCUT2D eigenvalue weighted by Gasteiger charge is -2.06. The van der Waals surface area contributed by atoms with Crippen molar-refractivity contribution in [2.75, 3.05) is 5.73 Å². The van der Waals surface area contributed by atoms with Crippen LogP contribution >= 0.6 is 0 Å². The predicted molar refractivity (Wildman–Crippen MR) is 71.1 cm³/mol. The third kappa shape index (κ3) is 2.93. The first-order valence-electron chi connectivity index (χ1n) is 5.82. The van der Waals surface area contributed by atoms with Crippen molar-refractivity contribution in [2.24, 2.45) is 0 Å². The molecule has 5 heteroatoms. The van der Waals surface area contributed by atoms with Crippen molar-refractivity contribution in [3.8, 4) is 6.07 Å². The Balaban J connectivity index is 2.08. The molecule has 0 aliphatic carbocycles. The highest BCUT2D eigenvalue weighted by atomic mass is 19.1. The molecule has 2 N–H and O–H groups in total. The van der Waals surface area contributed by atoms with Crippen molar-refractivity contribution in [1.82, 2.24) is 0 Å². The summed E-state index contributed by atoms with van der Waals surface area (Å²) in [6.45, 7) is -0.232. The summed E-state index contributed by atoms with van der Waals surface area (Å²) in [5.74, 6) is -1.24. The third-order valence-electron chi connectivity index (χ3n) is 2.70. The van der Waals surface area contributed by atoms with Crippen LogP contribution in [0.5, 0.6) is 0 Å². The monoisotopic (exact) mass is 270 g/mol. The van der Waals surface area contributed by atoms with E-state index >= 15 is 0 Å². The van der Waals surface area contributed by atoms with E-state index in [1.165, 1.54) is 30.3 Å². The van der Waals surface area contributed by atoms with Gasteiger partial charge in [-0.2, -0.15) is 5.26 Å². The second kappa shape index (κ2) is 5.85. The quantitative estimate of drug-likeness (QED) is 0.687. The molecule has 0 saturated heterocycles. The highest BCUT2D eigenvalue weighted by Crippen LogP contribution is 2.14. The van der Waals surface area contributed by atoms with Gasteiger partial charge in [-0.25, -0.2) is 9.18 Å². The molecule has 2 rings (SSSR count). The van der Waals surface area contributed by atoms with Crippen molar-refractivity contribution in [3.63, 3.8) is 0 Å². The fraction of sp³-hybridized carbons (Fsp3) is 0.0667. The molecule has 100 valence electrons. The van der Waals surface area contributed by atoms with Gasteiger partial charge >= 0.3 is 5.97 Å². The lowest BCUT2D eigenvalue weighted by molar-refractivity contribution is 0.0469. The first-order valence-corrected chi connectivity index (χ1v) is 5.82. The number of anilines is 1. The van der Waals surface area contributed by atoms with Crippen LogP contribution in [0.3, 0.4) is 0 Å². The number of nitrogens with zero attached hydrogens (tertiary/aromatic N) is 1. The number of nitrogens with two attached hydrogens (primary N) is 1. The molecular weight excluding hydrogens is 259 g/mol. The second-order valence-corrected chi connectivity index (χ2v) is 4.09. The van der Waals surface area contributed by atoms with Gasteiger partial charge in [0.05, 0.1) is 11.1 Å². The molecule has 0 aliphatic rings. The molecular formula is C15H11FN2O2. The summed E-state index contributed by atoms with van der Waals surface area (Å²) in [7, 11) is 0. The third-order valence-corrected chi connectivity index (χ3v) is 2.70. The van der Waals surface area contributed by atoms with Gasteiger partial charge in [-0.3, -0.25) is 0 Å². The Morgan fingerprint density at radius 1 is 1.25 bits per heavy atom. The van der Waals surface area contributed by atoms with Gasteiger partial charge < -0.3 is 10.5 Å². The van der Waals surface area contributed by atoms with E-state index in [9.17, 15) is 9.18 Å². The van der Waals surface area contributed by atoms with Crippen molar-refractivity contribution >= 4 is 11.7 Å². The van der Waals surface area contributed by atoms with E-state index in [0.717, 1.165) is 0 Å². The summed E-state index contributed by atoms with van der Waals surface area (Å²) in [6, 6.07) is 12.3. The molecule has 4 nitrogen and oxygen atoms in total. The van der Waals surface area contributed by atoms with E-state index in [-0.39, 0.29) is 17.7 Å². The highest BCUT2D eigenvalue weighted by Gasteiger charge is 2.11. The number of carbonyl (C=O) groups excluding carboxylic acids is 1. The van der Waals surface area contributed by atoms with Crippen LogP contribution in [0, 0.1) is 17.1 Å². The highest BCUT2D eigenvalue weighted by molar-refractivity contribution is 5.89. The second-order valence-electron chi connectivity index (χ2n) is 4.09. The number of hydrogen-bond donors (Lipinski definition) is 1. The van der Waals surface area contributed by atoms with Crippen LogP contribution in [-0.4, -0.2) is 5.97 Å². The minimum Gasteiger partial charge on any atom is -0.457 e. The van der Waals surface area contributed by atoms with Crippen LogP contribution < -0.4 is 5.73 Å². The van der Waals surface area contributed by atoms with Gasteiger partial charge in [0.15, 0.2) is 0 Å². The molecule has 0 bridgehead atoms. The Morgan fingerprint density at radius 2 is 1.95 bits per heavy atom. The van der Waals surface area contributed by atoms with Crippen molar-refractivity contribution in [2.45, 2.75) is 6.61 Å². The van der Waals surface area contributed by atoms with Crippen LogP contribution in [0.4, 0.5) is 10.1 Å². The first-order chi connectivity index (χ1) is 9.61. The van der Waals surface area contributed by atoms with Crippen LogP contribution in [-0.2, 0) is 11.3 Å². The molecule has 0 fully saturated rings. The van der Waals surface area contributed by atoms with Gasteiger partial charge in [0, 0.05) is 11.3 Å². The SMILES string of the molecule is N#Cc1cccc(COC(=O)c2ccc(N)cc2)c1F. The summed E-state index contributed by atoms with van der Waals surface area (Å²) in [5.41, 5.74) is 6.46. The zero-order valence-corrected chi connectivity index (χ0v) is 10.5. The number of carbonyl (C=O) groups is 1. The van der Waals surface area contributed by atoms with E-state index in [2.05, 4.69) is 0 Å². The number of esters is 1. The first kappa shape index (κ1) is 13.6. The Morgan fingerprint density at radius 3 is 2.60 bits per heavy atom. The van der Waals surface area contributed by atoms with Gasteiger partial charge in [-0.05, 0) is 30.3 Å². The van der Waals surface area contributed by atoms with Crippen molar-refractivity contribution in [3.05, 3.63) is 65.0 Å². The summed E-state index contributed by atoms with van der Waals surface area (Å²) in [5, 5.41) is 8.71. The molecule has 0 aromatic heterocycles. The van der Waals surface area contributed by atoms with Crippen LogP contribution in [0.25, 0.3) is 0 Å². The predicted octanol–water partition coefficient (Wildman–Crippen LogP) is 2.64. The molecule has 2 aromatic rings. The summed E-state index contributed by atoms with van der Waals surface area (Å²) >= 11 is 0. The summed E-state index contributed by atoms with van der Waals surface area (Å²) < 4.78 is 18.8. The van der Waals surface area contributed by atoms with E-state index in [1.807, 2.05) is 0 Å². The molecule has 0 amide bonds. The largest absolute Gasteiger partial charge is 0.457 e. The molecule has 0 heterocycles. The number of benzene rings is 2. The number of rotatable bonds is 3. The Kier molecular flexibility index (Phi) is 3.96. The maximum absolute atomic E-state index is 13.7. The van der Waals surface area contributed by atoms with Gasteiger partial charge in [0.2, 0.25) is 0 Å². The molecule has 0 unspecified atom stereocenters. The van der Waals surface area contributed by atoms with Gasteiger partial charge in [0.25, 0.3) is 0 Å². The molecule has 0 spiro atoms. The number of nitrogen functional groups attached to an aromatic ring is 1. The van der Waals surface area contributed by atoms with Gasteiger partial charge in [-0.15, -0.1) is 0 Å². The molecule has 0 atom stereocenters. The lowest BCUT2D eigenvalue weighted by atomic mass is 10.1. The van der Waals surface area contributed by atoms with E-state index in [0.29, 0.717) is 11.3 Å². The lowest BCUT2D eigenvalue weighted by Crippen LogP contribution is -2.06. The zero-order chi connectivity index (χ0) is 14.5. The Bertz CT molecular complexity index is 675. The maximum Gasteiger partial charge on any atom is 0.338 e. The Labute approximate surface area is 115 Å². The minimum atomic E-state index is -0.667. The maximum atomic E-state index is 13.7. The zero-order valence-electron chi connectivity index (χ0n) is 10.5. The molecule has 0 aliphatic heterocycles. The average molecular weight is 270 g/mol. The van der Waals surface area contributed by atoms with E-state index in [1.54, 1.807) is 18.2 Å². The van der Waals surface area contributed by atoms with Crippen molar-refractivity contribution in [1.29, 1.82) is 5.26 Å². The van der Waals surface area contributed by atoms with Crippen molar-refractivity contribution < 1.29 is 13.9 Å².